The number of aromatic nitrogens is 1. The zero-order valence-corrected chi connectivity index (χ0v) is 10.0. The van der Waals surface area contributed by atoms with E-state index in [0.29, 0.717) is 13.1 Å². The number of aliphatic hydroxyl groups excluding tert-OH is 1. The number of thiazole rings is 1. The van der Waals surface area contributed by atoms with Gasteiger partial charge in [0.2, 0.25) is 0 Å². The highest BCUT2D eigenvalue weighted by atomic mass is 32.1. The van der Waals surface area contributed by atoms with Crippen LogP contribution >= 0.6 is 11.3 Å². The van der Waals surface area contributed by atoms with E-state index in [1.165, 1.54) is 23.5 Å². The number of benzene rings is 1. The van der Waals surface area contributed by atoms with Crippen LogP contribution in [0.1, 0.15) is 5.69 Å². The van der Waals surface area contributed by atoms with Crippen molar-refractivity contribution in [1.82, 2.24) is 10.3 Å². The molecule has 1 aromatic heterocycles. The molecule has 0 bridgehead atoms. The molecule has 2 aromatic rings. The maximum absolute atomic E-state index is 12.8. The molecule has 90 valence electrons. The van der Waals surface area contributed by atoms with Crippen LogP contribution in [0.2, 0.25) is 0 Å². The summed E-state index contributed by atoms with van der Waals surface area (Å²) in [5.74, 6) is -0.241. The van der Waals surface area contributed by atoms with Gasteiger partial charge in [-0.25, -0.2) is 9.37 Å². The third-order valence-corrected chi connectivity index (χ3v) is 3.18. The molecule has 17 heavy (non-hydrogen) atoms. The molecule has 0 aliphatic rings. The van der Waals surface area contributed by atoms with Crippen molar-refractivity contribution >= 4 is 11.3 Å². The van der Waals surface area contributed by atoms with Crippen LogP contribution in [0.4, 0.5) is 4.39 Å². The third-order valence-electron chi connectivity index (χ3n) is 2.24. The standard InChI is InChI=1S/C12H13FN2OS/c13-10-3-1-9(2-4-10)12-15-11(8-17-12)7-14-5-6-16/h1-4,8,14,16H,5-7H2. The Balaban J connectivity index is 2.04. The van der Waals surface area contributed by atoms with Gasteiger partial charge < -0.3 is 10.4 Å². The first-order valence-electron chi connectivity index (χ1n) is 5.31. The van der Waals surface area contributed by atoms with Gasteiger partial charge in [0.25, 0.3) is 0 Å². The summed E-state index contributed by atoms with van der Waals surface area (Å²) in [4.78, 5) is 4.43. The number of rotatable bonds is 5. The van der Waals surface area contributed by atoms with Gasteiger partial charge in [-0.15, -0.1) is 11.3 Å². The van der Waals surface area contributed by atoms with E-state index < -0.39 is 0 Å². The van der Waals surface area contributed by atoms with Crippen molar-refractivity contribution in [3.63, 3.8) is 0 Å². The topological polar surface area (TPSA) is 45.1 Å². The van der Waals surface area contributed by atoms with Crippen molar-refractivity contribution < 1.29 is 9.50 Å². The minimum Gasteiger partial charge on any atom is -0.395 e. The number of aliphatic hydroxyl groups is 1. The Kier molecular flexibility index (Phi) is 4.19. The number of hydrogen-bond donors (Lipinski definition) is 2. The van der Waals surface area contributed by atoms with E-state index in [9.17, 15) is 4.39 Å². The Hall–Kier alpha value is -1.30. The van der Waals surface area contributed by atoms with Gasteiger partial charge in [0.15, 0.2) is 0 Å². The predicted molar refractivity (Wildman–Crippen MR) is 66.3 cm³/mol. The summed E-state index contributed by atoms with van der Waals surface area (Å²) in [6.45, 7) is 1.32. The van der Waals surface area contributed by atoms with E-state index in [1.54, 1.807) is 12.1 Å². The fourth-order valence-electron chi connectivity index (χ4n) is 1.41. The molecule has 5 heteroatoms. The maximum Gasteiger partial charge on any atom is 0.123 e. The second kappa shape index (κ2) is 5.86. The van der Waals surface area contributed by atoms with Crippen molar-refractivity contribution in [3.05, 3.63) is 41.2 Å². The molecule has 0 atom stereocenters. The summed E-state index contributed by atoms with van der Waals surface area (Å²) < 4.78 is 12.8. The smallest absolute Gasteiger partial charge is 0.123 e. The zero-order chi connectivity index (χ0) is 12.1. The van der Waals surface area contributed by atoms with Gasteiger partial charge in [-0.05, 0) is 24.3 Å². The van der Waals surface area contributed by atoms with E-state index in [1.807, 2.05) is 5.38 Å². The number of nitrogens with one attached hydrogen (secondary N) is 1. The van der Waals surface area contributed by atoms with Crippen LogP contribution in [0, 0.1) is 5.82 Å². The summed E-state index contributed by atoms with van der Waals surface area (Å²) in [6.07, 6.45) is 0. The molecule has 0 unspecified atom stereocenters. The number of nitrogens with zero attached hydrogens (tertiary/aromatic N) is 1. The quantitative estimate of drug-likeness (QED) is 0.800. The van der Waals surface area contributed by atoms with Crippen molar-refractivity contribution in [2.45, 2.75) is 6.54 Å². The SMILES string of the molecule is OCCNCc1csc(-c2ccc(F)cc2)n1. The molecular weight excluding hydrogens is 239 g/mol. The second-order valence-corrected chi connectivity index (χ2v) is 4.41. The van der Waals surface area contributed by atoms with Crippen molar-refractivity contribution in [2.24, 2.45) is 0 Å². The minimum absolute atomic E-state index is 0.120. The summed E-state index contributed by atoms with van der Waals surface area (Å²) in [5.41, 5.74) is 1.85. The first-order valence-corrected chi connectivity index (χ1v) is 6.19. The van der Waals surface area contributed by atoms with Crippen LogP contribution in [0.3, 0.4) is 0 Å². The van der Waals surface area contributed by atoms with E-state index >= 15 is 0 Å². The largest absolute Gasteiger partial charge is 0.395 e. The van der Waals surface area contributed by atoms with Crippen molar-refractivity contribution in [2.75, 3.05) is 13.2 Å². The van der Waals surface area contributed by atoms with Gasteiger partial charge in [-0.2, -0.15) is 0 Å². The van der Waals surface area contributed by atoms with E-state index in [2.05, 4.69) is 10.3 Å². The highest BCUT2D eigenvalue weighted by Crippen LogP contribution is 2.23. The summed E-state index contributed by atoms with van der Waals surface area (Å²) in [5, 5.41) is 14.5. The van der Waals surface area contributed by atoms with Gasteiger partial charge in [-0.1, -0.05) is 0 Å². The van der Waals surface area contributed by atoms with Crippen LogP contribution in [0.25, 0.3) is 10.6 Å². The lowest BCUT2D eigenvalue weighted by Crippen LogP contribution is -2.17. The van der Waals surface area contributed by atoms with Gasteiger partial charge in [0.1, 0.15) is 10.8 Å². The van der Waals surface area contributed by atoms with Gasteiger partial charge in [0.05, 0.1) is 12.3 Å². The predicted octanol–water partition coefficient (Wildman–Crippen LogP) is 2.03. The lowest BCUT2D eigenvalue weighted by molar-refractivity contribution is 0.292. The molecule has 0 spiro atoms. The molecule has 0 aliphatic carbocycles. The average molecular weight is 252 g/mol. The van der Waals surface area contributed by atoms with Gasteiger partial charge in [-0.3, -0.25) is 0 Å². The Morgan fingerprint density at radius 3 is 2.76 bits per heavy atom. The second-order valence-electron chi connectivity index (χ2n) is 3.55. The molecule has 0 fully saturated rings. The van der Waals surface area contributed by atoms with Crippen molar-refractivity contribution in [1.29, 1.82) is 0 Å². The van der Waals surface area contributed by atoms with Gasteiger partial charge in [0, 0.05) is 24.0 Å². The van der Waals surface area contributed by atoms with E-state index in [0.717, 1.165) is 16.3 Å². The molecule has 0 amide bonds. The summed E-state index contributed by atoms with van der Waals surface area (Å²) >= 11 is 1.53. The molecule has 0 aliphatic heterocycles. The Labute approximate surface area is 103 Å². The molecule has 0 saturated carbocycles. The summed E-state index contributed by atoms with van der Waals surface area (Å²) in [7, 11) is 0. The van der Waals surface area contributed by atoms with Crippen LogP contribution in [-0.4, -0.2) is 23.2 Å². The molecule has 1 aromatic carbocycles. The normalized spacial score (nSPS) is 10.7. The van der Waals surface area contributed by atoms with Crippen molar-refractivity contribution in [3.8, 4) is 10.6 Å². The van der Waals surface area contributed by atoms with Crippen LogP contribution < -0.4 is 5.32 Å². The molecule has 2 N–H and O–H groups in total. The molecule has 3 nitrogen and oxygen atoms in total. The van der Waals surface area contributed by atoms with Crippen LogP contribution in [0.5, 0.6) is 0 Å². The van der Waals surface area contributed by atoms with E-state index in [-0.39, 0.29) is 12.4 Å². The van der Waals surface area contributed by atoms with Crippen LogP contribution in [0.15, 0.2) is 29.6 Å². The zero-order valence-electron chi connectivity index (χ0n) is 9.19. The van der Waals surface area contributed by atoms with E-state index in [4.69, 9.17) is 5.11 Å². The first kappa shape index (κ1) is 12.2. The molecule has 0 saturated heterocycles. The highest BCUT2D eigenvalue weighted by molar-refractivity contribution is 7.13. The fourth-order valence-corrected chi connectivity index (χ4v) is 2.23. The Morgan fingerprint density at radius 2 is 2.06 bits per heavy atom. The molecule has 2 rings (SSSR count). The third kappa shape index (κ3) is 3.33. The minimum atomic E-state index is -0.241. The highest BCUT2D eigenvalue weighted by Gasteiger charge is 2.04. The van der Waals surface area contributed by atoms with Crippen LogP contribution in [-0.2, 0) is 6.54 Å². The Morgan fingerprint density at radius 1 is 1.29 bits per heavy atom. The lowest BCUT2D eigenvalue weighted by Gasteiger charge is -1.98. The molecule has 0 radical (unpaired) electrons. The number of halogens is 1. The lowest BCUT2D eigenvalue weighted by atomic mass is 10.2. The first-order chi connectivity index (χ1) is 8.29. The molecular formula is C12H13FN2OS. The van der Waals surface area contributed by atoms with Gasteiger partial charge >= 0.3 is 0 Å². The maximum atomic E-state index is 12.8. The monoisotopic (exact) mass is 252 g/mol. The number of hydrogen-bond acceptors (Lipinski definition) is 4. The summed E-state index contributed by atoms with van der Waals surface area (Å²) in [6, 6.07) is 6.30. The Bertz CT molecular complexity index is 470. The average Bonchev–Trinajstić information content (AvgIpc) is 2.79. The molecule has 1 heterocycles. The fraction of sp³-hybridized carbons (Fsp3) is 0.250.